The molecule has 0 fully saturated rings. The van der Waals surface area contributed by atoms with Crippen molar-refractivity contribution in [2.75, 3.05) is 5.32 Å². The Balaban J connectivity index is 1.57. The molecule has 0 aliphatic carbocycles. The highest BCUT2D eigenvalue weighted by molar-refractivity contribution is 7.80. The van der Waals surface area contributed by atoms with Crippen molar-refractivity contribution in [2.24, 2.45) is 0 Å². The predicted octanol–water partition coefficient (Wildman–Crippen LogP) is 5.57. The highest BCUT2D eigenvalue weighted by Crippen LogP contribution is 2.22. The van der Waals surface area contributed by atoms with Crippen LogP contribution in [-0.4, -0.2) is 11.0 Å². The molecule has 6 heteroatoms. The minimum Gasteiger partial charge on any atom is -0.457 e. The van der Waals surface area contributed by atoms with Gasteiger partial charge in [-0.05, 0) is 79.3 Å². The van der Waals surface area contributed by atoms with Crippen molar-refractivity contribution in [3.05, 3.63) is 88.9 Å². The van der Waals surface area contributed by atoms with E-state index in [-0.39, 0.29) is 11.0 Å². The standard InChI is InChI=1S/C21H17ClN2O2S/c1-14-13-15(7-12-19(14)22)20(25)24-21(27)23-16-8-10-18(11-9-16)26-17-5-3-2-4-6-17/h2-13H,1H3,(H2,23,24,25,27). The average Bonchev–Trinajstić information content (AvgIpc) is 2.66. The molecule has 0 atom stereocenters. The van der Waals surface area contributed by atoms with Crippen molar-refractivity contribution in [3.63, 3.8) is 0 Å². The van der Waals surface area contributed by atoms with E-state index in [0.29, 0.717) is 16.3 Å². The Morgan fingerprint density at radius 2 is 1.63 bits per heavy atom. The Hall–Kier alpha value is -2.89. The van der Waals surface area contributed by atoms with E-state index in [0.717, 1.165) is 17.0 Å². The molecule has 136 valence electrons. The number of thiocarbonyl (C=S) groups is 1. The summed E-state index contributed by atoms with van der Waals surface area (Å²) in [5.41, 5.74) is 2.07. The van der Waals surface area contributed by atoms with Gasteiger partial charge in [0.1, 0.15) is 11.5 Å². The maximum absolute atomic E-state index is 12.3. The number of halogens is 1. The molecule has 0 saturated heterocycles. The van der Waals surface area contributed by atoms with Crippen molar-refractivity contribution >= 4 is 40.5 Å². The van der Waals surface area contributed by atoms with E-state index in [1.54, 1.807) is 18.2 Å². The predicted molar refractivity (Wildman–Crippen MR) is 113 cm³/mol. The first-order valence-electron chi connectivity index (χ1n) is 8.23. The largest absolute Gasteiger partial charge is 0.457 e. The van der Waals surface area contributed by atoms with Gasteiger partial charge in [0.05, 0.1) is 0 Å². The normalized spacial score (nSPS) is 10.1. The number of hydrogen-bond donors (Lipinski definition) is 2. The number of carbonyl (C=O) groups is 1. The van der Waals surface area contributed by atoms with Crippen LogP contribution in [0.15, 0.2) is 72.8 Å². The Morgan fingerprint density at radius 3 is 2.30 bits per heavy atom. The van der Waals surface area contributed by atoms with E-state index in [9.17, 15) is 4.79 Å². The molecule has 27 heavy (non-hydrogen) atoms. The van der Waals surface area contributed by atoms with E-state index in [1.807, 2.05) is 61.5 Å². The highest BCUT2D eigenvalue weighted by atomic mass is 35.5. The van der Waals surface area contributed by atoms with Crippen molar-refractivity contribution < 1.29 is 9.53 Å². The summed E-state index contributed by atoms with van der Waals surface area (Å²) in [6.07, 6.45) is 0. The second-order valence-corrected chi connectivity index (χ2v) is 6.63. The van der Waals surface area contributed by atoms with E-state index in [4.69, 9.17) is 28.6 Å². The number of para-hydroxylation sites is 1. The molecule has 0 spiro atoms. The Kier molecular flexibility index (Phi) is 6.06. The molecular weight excluding hydrogens is 380 g/mol. The molecule has 2 N–H and O–H groups in total. The second kappa shape index (κ2) is 8.66. The van der Waals surface area contributed by atoms with E-state index in [1.165, 1.54) is 0 Å². The molecule has 0 aliphatic heterocycles. The van der Waals surface area contributed by atoms with Crippen molar-refractivity contribution in [1.29, 1.82) is 0 Å². The summed E-state index contributed by atoms with van der Waals surface area (Å²) in [4.78, 5) is 12.3. The van der Waals surface area contributed by atoms with Crippen molar-refractivity contribution in [2.45, 2.75) is 6.92 Å². The van der Waals surface area contributed by atoms with Crippen LogP contribution in [0.1, 0.15) is 15.9 Å². The van der Waals surface area contributed by atoms with Gasteiger partial charge >= 0.3 is 0 Å². The zero-order chi connectivity index (χ0) is 19.2. The first kappa shape index (κ1) is 18.9. The zero-order valence-electron chi connectivity index (χ0n) is 14.5. The van der Waals surface area contributed by atoms with Gasteiger partial charge in [-0.2, -0.15) is 0 Å². The number of rotatable bonds is 4. The summed E-state index contributed by atoms with van der Waals surface area (Å²) in [7, 11) is 0. The number of anilines is 1. The van der Waals surface area contributed by atoms with Gasteiger partial charge in [-0.25, -0.2) is 0 Å². The maximum atomic E-state index is 12.3. The molecule has 3 aromatic carbocycles. The molecule has 4 nitrogen and oxygen atoms in total. The molecule has 0 saturated carbocycles. The zero-order valence-corrected chi connectivity index (χ0v) is 16.1. The first-order valence-corrected chi connectivity index (χ1v) is 9.01. The molecule has 1 amide bonds. The van der Waals surface area contributed by atoms with Crippen molar-refractivity contribution in [1.82, 2.24) is 5.32 Å². The molecule has 0 aromatic heterocycles. The minimum atomic E-state index is -0.295. The Labute approximate surface area is 168 Å². The van der Waals surface area contributed by atoms with E-state index < -0.39 is 0 Å². The Bertz CT molecular complexity index is 960. The van der Waals surface area contributed by atoms with Gasteiger partial charge in [-0.15, -0.1) is 0 Å². The van der Waals surface area contributed by atoms with E-state index >= 15 is 0 Å². The van der Waals surface area contributed by atoms with Crippen LogP contribution >= 0.6 is 23.8 Å². The molecule has 3 rings (SSSR count). The average molecular weight is 397 g/mol. The lowest BCUT2D eigenvalue weighted by atomic mass is 10.1. The van der Waals surface area contributed by atoms with Gasteiger partial charge in [-0.1, -0.05) is 29.8 Å². The number of ether oxygens (including phenoxy) is 1. The Morgan fingerprint density at radius 1 is 0.963 bits per heavy atom. The summed E-state index contributed by atoms with van der Waals surface area (Å²) in [6.45, 7) is 1.84. The van der Waals surface area contributed by atoms with Crippen LogP contribution in [0.5, 0.6) is 11.5 Å². The number of benzene rings is 3. The SMILES string of the molecule is Cc1cc(C(=O)NC(=S)Nc2ccc(Oc3ccccc3)cc2)ccc1Cl. The monoisotopic (exact) mass is 396 g/mol. The van der Waals surface area contributed by atoms with Gasteiger partial charge in [0.15, 0.2) is 5.11 Å². The quantitative estimate of drug-likeness (QED) is 0.566. The third-order valence-electron chi connectivity index (χ3n) is 3.74. The maximum Gasteiger partial charge on any atom is 0.257 e. The fourth-order valence-electron chi connectivity index (χ4n) is 2.35. The number of aryl methyl sites for hydroxylation is 1. The molecule has 0 radical (unpaired) electrons. The fourth-order valence-corrected chi connectivity index (χ4v) is 2.68. The topological polar surface area (TPSA) is 50.4 Å². The first-order chi connectivity index (χ1) is 13.0. The van der Waals surface area contributed by atoms with Gasteiger partial charge < -0.3 is 10.1 Å². The summed E-state index contributed by atoms with van der Waals surface area (Å²) >= 11 is 11.2. The lowest BCUT2D eigenvalue weighted by Gasteiger charge is -2.11. The summed E-state index contributed by atoms with van der Waals surface area (Å²) in [6, 6.07) is 21.9. The summed E-state index contributed by atoms with van der Waals surface area (Å²) in [5.74, 6) is 1.17. The molecular formula is C21H17ClN2O2S. The number of nitrogens with one attached hydrogen (secondary N) is 2. The van der Waals surface area contributed by atoms with Crippen LogP contribution in [0.3, 0.4) is 0 Å². The molecule has 0 heterocycles. The third kappa shape index (κ3) is 5.29. The van der Waals surface area contributed by atoms with Gasteiger partial charge in [0, 0.05) is 16.3 Å². The van der Waals surface area contributed by atoms with Crippen LogP contribution in [0.4, 0.5) is 5.69 Å². The number of amides is 1. The van der Waals surface area contributed by atoms with Gasteiger partial charge in [-0.3, -0.25) is 10.1 Å². The smallest absolute Gasteiger partial charge is 0.257 e. The molecule has 0 bridgehead atoms. The highest BCUT2D eigenvalue weighted by Gasteiger charge is 2.09. The lowest BCUT2D eigenvalue weighted by molar-refractivity contribution is 0.0977. The van der Waals surface area contributed by atoms with Crippen LogP contribution in [0.2, 0.25) is 5.02 Å². The van der Waals surface area contributed by atoms with Crippen LogP contribution in [-0.2, 0) is 0 Å². The van der Waals surface area contributed by atoms with Crippen LogP contribution < -0.4 is 15.4 Å². The van der Waals surface area contributed by atoms with Crippen LogP contribution in [0.25, 0.3) is 0 Å². The number of carbonyl (C=O) groups excluding carboxylic acids is 1. The van der Waals surface area contributed by atoms with Gasteiger partial charge in [0.25, 0.3) is 5.91 Å². The molecule has 3 aromatic rings. The third-order valence-corrected chi connectivity index (χ3v) is 4.37. The van der Waals surface area contributed by atoms with Crippen molar-refractivity contribution in [3.8, 4) is 11.5 Å². The summed E-state index contributed by atoms with van der Waals surface area (Å²) < 4.78 is 5.74. The fraction of sp³-hybridized carbons (Fsp3) is 0.0476. The van der Waals surface area contributed by atoms with Gasteiger partial charge in [0.2, 0.25) is 0 Å². The minimum absolute atomic E-state index is 0.212. The molecule has 0 unspecified atom stereocenters. The lowest BCUT2D eigenvalue weighted by Crippen LogP contribution is -2.34. The number of hydrogen-bond acceptors (Lipinski definition) is 3. The molecule has 0 aliphatic rings. The second-order valence-electron chi connectivity index (χ2n) is 5.81. The van der Waals surface area contributed by atoms with E-state index in [2.05, 4.69) is 10.6 Å². The van der Waals surface area contributed by atoms with Crippen LogP contribution in [0, 0.1) is 6.92 Å². The summed E-state index contributed by atoms with van der Waals surface area (Å²) in [5, 5.41) is 6.46.